The van der Waals surface area contributed by atoms with Gasteiger partial charge in [0.1, 0.15) is 6.54 Å². The molecule has 2 heterocycles. The van der Waals surface area contributed by atoms with Gasteiger partial charge in [0.25, 0.3) is 5.91 Å². The molecule has 1 aromatic heterocycles. The average Bonchev–Trinajstić information content (AvgIpc) is 3.58. The van der Waals surface area contributed by atoms with Gasteiger partial charge >= 0.3 is 11.9 Å². The number of aromatic nitrogens is 3. The maximum Gasteiger partial charge on any atom is 0.361 e. The highest BCUT2D eigenvalue weighted by atomic mass is 35.5. The molecule has 42 heavy (non-hydrogen) atoms. The summed E-state index contributed by atoms with van der Waals surface area (Å²) in [4.78, 5) is 39.2. The zero-order valence-corrected chi connectivity index (χ0v) is 24.6. The van der Waals surface area contributed by atoms with Crippen molar-refractivity contribution in [3.63, 3.8) is 0 Å². The SMILES string of the molecule is CCOC(=O)c1nnn(CC(=O)N2N=C3/C(=C/c4ccc(Cl)cc4)CCC[C@H]3[C@@H]2c2ccc(Cl)cc2)c1C(=O)OCC. The van der Waals surface area contributed by atoms with E-state index in [-0.39, 0.29) is 30.5 Å². The number of nitrogens with zero attached hydrogens (tertiary/aromatic N) is 5. The van der Waals surface area contributed by atoms with Crippen LogP contribution in [0.5, 0.6) is 0 Å². The lowest BCUT2D eigenvalue weighted by atomic mass is 9.77. The van der Waals surface area contributed by atoms with Crippen molar-refractivity contribution in [2.24, 2.45) is 11.0 Å². The third kappa shape index (κ3) is 6.10. The summed E-state index contributed by atoms with van der Waals surface area (Å²) < 4.78 is 11.2. The lowest BCUT2D eigenvalue weighted by Crippen LogP contribution is -2.34. The zero-order valence-electron chi connectivity index (χ0n) is 23.1. The van der Waals surface area contributed by atoms with Crippen LogP contribution in [-0.2, 0) is 20.8 Å². The van der Waals surface area contributed by atoms with Crippen molar-refractivity contribution in [2.45, 2.75) is 45.7 Å². The summed E-state index contributed by atoms with van der Waals surface area (Å²) in [5, 5.41) is 15.3. The summed E-state index contributed by atoms with van der Waals surface area (Å²) in [7, 11) is 0. The molecule has 0 N–H and O–H groups in total. The van der Waals surface area contributed by atoms with E-state index in [1.54, 1.807) is 26.0 Å². The summed E-state index contributed by atoms with van der Waals surface area (Å²) in [6.45, 7) is 3.01. The van der Waals surface area contributed by atoms with Gasteiger partial charge in [0.2, 0.25) is 5.69 Å². The summed E-state index contributed by atoms with van der Waals surface area (Å²) in [5.41, 5.74) is 3.17. The fourth-order valence-corrected chi connectivity index (χ4v) is 5.58. The van der Waals surface area contributed by atoms with Gasteiger partial charge in [-0.25, -0.2) is 19.3 Å². The number of benzene rings is 2. The van der Waals surface area contributed by atoms with Crippen LogP contribution >= 0.6 is 23.2 Å². The van der Waals surface area contributed by atoms with Crippen molar-refractivity contribution in [2.75, 3.05) is 13.2 Å². The first-order valence-corrected chi connectivity index (χ1v) is 14.5. The molecule has 0 saturated heterocycles. The Morgan fingerprint density at radius 1 is 0.952 bits per heavy atom. The maximum atomic E-state index is 14.0. The third-order valence-electron chi connectivity index (χ3n) is 7.14. The Morgan fingerprint density at radius 2 is 1.60 bits per heavy atom. The van der Waals surface area contributed by atoms with Crippen molar-refractivity contribution in [3.05, 3.63) is 86.7 Å². The second kappa shape index (κ2) is 12.9. The second-order valence-corrected chi connectivity index (χ2v) is 10.7. The summed E-state index contributed by atoms with van der Waals surface area (Å²) in [6.07, 6.45) is 4.65. The van der Waals surface area contributed by atoms with Crippen LogP contribution in [0.4, 0.5) is 0 Å². The summed E-state index contributed by atoms with van der Waals surface area (Å²) in [5.74, 6) is -2.16. The molecule has 2 aromatic carbocycles. The standard InChI is InChI=1S/C30H29Cl2N5O5/c1-3-41-29(39)26-28(30(40)42-4-2)36(35-33-26)17-24(38)37-27(19-10-14-22(32)15-11-19)23-7-5-6-20(25(23)34-37)16-18-8-12-21(31)13-9-18/h8-16,23,27H,3-7,17H2,1-2H3/b20-16+/t23-,27+/m1/s1. The van der Waals surface area contributed by atoms with Crippen LogP contribution in [0.25, 0.3) is 6.08 Å². The molecule has 0 spiro atoms. The molecule has 12 heteroatoms. The summed E-state index contributed by atoms with van der Waals surface area (Å²) in [6, 6.07) is 14.5. The van der Waals surface area contributed by atoms with E-state index >= 15 is 0 Å². The number of esters is 2. The number of ether oxygens (including phenoxy) is 2. The Bertz CT molecular complexity index is 1550. The molecule has 2 atom stereocenters. The lowest BCUT2D eigenvalue weighted by Gasteiger charge is -2.29. The van der Waals surface area contributed by atoms with Crippen LogP contribution in [0.2, 0.25) is 10.0 Å². The predicted molar refractivity (Wildman–Crippen MR) is 157 cm³/mol. The van der Waals surface area contributed by atoms with Crippen LogP contribution in [0.1, 0.15) is 71.3 Å². The van der Waals surface area contributed by atoms with Gasteiger partial charge in [0.05, 0.1) is 25.0 Å². The molecule has 0 radical (unpaired) electrons. The highest BCUT2D eigenvalue weighted by molar-refractivity contribution is 6.30. The van der Waals surface area contributed by atoms with Crippen molar-refractivity contribution in [1.29, 1.82) is 0 Å². The molecular formula is C30H29Cl2N5O5. The normalized spacial score (nSPS) is 18.9. The van der Waals surface area contributed by atoms with Gasteiger partial charge in [-0.1, -0.05) is 52.7 Å². The quantitative estimate of drug-likeness (QED) is 0.298. The number of hydrazone groups is 1. The monoisotopic (exact) mass is 609 g/mol. The van der Waals surface area contributed by atoms with Crippen molar-refractivity contribution in [3.8, 4) is 0 Å². The number of halogens is 2. The van der Waals surface area contributed by atoms with Gasteiger partial charge in [-0.3, -0.25) is 4.79 Å². The minimum atomic E-state index is -0.831. The highest BCUT2D eigenvalue weighted by Gasteiger charge is 2.44. The highest BCUT2D eigenvalue weighted by Crippen LogP contribution is 2.44. The smallest absolute Gasteiger partial charge is 0.361 e. The largest absolute Gasteiger partial charge is 0.461 e. The molecule has 5 rings (SSSR count). The predicted octanol–water partition coefficient (Wildman–Crippen LogP) is 5.76. The molecule has 0 bridgehead atoms. The Kier molecular flexibility index (Phi) is 9.03. The Labute approximate surface area is 252 Å². The molecule has 1 amide bonds. The fraction of sp³-hybridized carbons (Fsp3) is 0.333. The number of allylic oxidation sites excluding steroid dienone is 1. The summed E-state index contributed by atoms with van der Waals surface area (Å²) >= 11 is 12.3. The van der Waals surface area contributed by atoms with E-state index < -0.39 is 30.4 Å². The first-order valence-electron chi connectivity index (χ1n) is 13.7. The minimum absolute atomic E-state index is 0.0576. The maximum absolute atomic E-state index is 14.0. The van der Waals surface area contributed by atoms with E-state index in [0.29, 0.717) is 10.0 Å². The Balaban J connectivity index is 1.52. The number of amides is 1. The van der Waals surface area contributed by atoms with E-state index in [0.717, 1.165) is 46.4 Å². The van der Waals surface area contributed by atoms with E-state index in [9.17, 15) is 14.4 Å². The van der Waals surface area contributed by atoms with Crippen LogP contribution in [0.15, 0.2) is 59.2 Å². The second-order valence-electron chi connectivity index (χ2n) is 9.83. The topological polar surface area (TPSA) is 116 Å². The van der Waals surface area contributed by atoms with Crippen molar-refractivity contribution < 1.29 is 23.9 Å². The van der Waals surface area contributed by atoms with E-state index in [1.807, 2.05) is 36.4 Å². The molecular weight excluding hydrogens is 581 g/mol. The van der Waals surface area contributed by atoms with Gasteiger partial charge in [-0.15, -0.1) is 5.10 Å². The number of hydrogen-bond donors (Lipinski definition) is 0. The third-order valence-corrected chi connectivity index (χ3v) is 7.64. The average molecular weight is 610 g/mol. The van der Waals surface area contributed by atoms with E-state index in [1.165, 1.54) is 5.01 Å². The first kappa shape index (κ1) is 29.5. The van der Waals surface area contributed by atoms with Crippen LogP contribution < -0.4 is 0 Å². The molecule has 1 saturated carbocycles. The first-order chi connectivity index (χ1) is 20.3. The molecule has 2 aliphatic rings. The van der Waals surface area contributed by atoms with Crippen LogP contribution in [0, 0.1) is 5.92 Å². The lowest BCUT2D eigenvalue weighted by molar-refractivity contribution is -0.134. The zero-order chi connectivity index (χ0) is 29.8. The molecule has 218 valence electrons. The minimum Gasteiger partial charge on any atom is -0.461 e. The van der Waals surface area contributed by atoms with Gasteiger partial charge in [0.15, 0.2) is 5.69 Å². The number of rotatable bonds is 8. The molecule has 1 aliphatic heterocycles. The van der Waals surface area contributed by atoms with E-state index in [2.05, 4.69) is 16.4 Å². The van der Waals surface area contributed by atoms with Gasteiger partial charge in [-0.05, 0) is 80.2 Å². The van der Waals surface area contributed by atoms with Crippen LogP contribution in [0.3, 0.4) is 0 Å². The Hall–Kier alpha value is -4.02. The van der Waals surface area contributed by atoms with Gasteiger partial charge in [0, 0.05) is 16.0 Å². The number of fused-ring (bicyclic) bond motifs is 1. The molecule has 0 unspecified atom stereocenters. The Morgan fingerprint density at radius 3 is 2.26 bits per heavy atom. The molecule has 10 nitrogen and oxygen atoms in total. The molecule has 1 aliphatic carbocycles. The molecule has 3 aromatic rings. The number of carbonyl (C=O) groups excluding carboxylic acids is 3. The van der Waals surface area contributed by atoms with Gasteiger partial charge < -0.3 is 9.47 Å². The number of hydrogen-bond acceptors (Lipinski definition) is 8. The fourth-order valence-electron chi connectivity index (χ4n) is 5.32. The van der Waals surface area contributed by atoms with Crippen molar-refractivity contribution in [1.82, 2.24) is 20.0 Å². The van der Waals surface area contributed by atoms with Gasteiger partial charge in [-0.2, -0.15) is 5.10 Å². The number of carbonyl (C=O) groups is 3. The van der Waals surface area contributed by atoms with E-state index in [4.69, 9.17) is 37.8 Å². The van der Waals surface area contributed by atoms with Crippen molar-refractivity contribution >= 4 is 52.8 Å². The van der Waals surface area contributed by atoms with Crippen LogP contribution in [-0.4, -0.2) is 56.8 Å². The molecule has 1 fully saturated rings.